The van der Waals surface area contributed by atoms with Crippen LogP contribution in [0.2, 0.25) is 0 Å². The molecule has 0 spiro atoms. The SMILES string of the molecule is CCNCc1ccccc1NC(=O)c1ccc(O)cc1O. The van der Waals surface area contributed by atoms with Gasteiger partial charge in [-0.3, -0.25) is 4.79 Å². The number of phenolic OH excluding ortho intramolecular Hbond substituents is 2. The number of carbonyl (C=O) groups is 1. The summed E-state index contributed by atoms with van der Waals surface area (Å²) in [6.07, 6.45) is 0. The van der Waals surface area contributed by atoms with Crippen LogP contribution in [0, 0.1) is 0 Å². The van der Waals surface area contributed by atoms with Gasteiger partial charge in [-0.2, -0.15) is 0 Å². The standard InChI is InChI=1S/C16H18N2O3/c1-2-17-10-11-5-3-4-6-14(11)18-16(21)13-8-7-12(19)9-15(13)20/h3-9,17,19-20H,2,10H2,1H3,(H,18,21). The zero-order valence-electron chi connectivity index (χ0n) is 11.8. The number of aromatic hydroxyl groups is 2. The Morgan fingerprint density at radius 3 is 2.62 bits per heavy atom. The molecule has 0 radical (unpaired) electrons. The lowest BCUT2D eigenvalue weighted by atomic mass is 10.1. The number of para-hydroxylation sites is 1. The minimum absolute atomic E-state index is 0.0865. The van der Waals surface area contributed by atoms with Gasteiger partial charge in [0, 0.05) is 18.3 Å². The average Bonchev–Trinajstić information content (AvgIpc) is 2.46. The second-order valence-electron chi connectivity index (χ2n) is 4.59. The lowest BCUT2D eigenvalue weighted by Crippen LogP contribution is -2.17. The molecule has 0 heterocycles. The maximum Gasteiger partial charge on any atom is 0.259 e. The Kier molecular flexibility index (Phi) is 4.79. The Labute approximate surface area is 123 Å². The molecule has 0 saturated carbocycles. The molecular formula is C16H18N2O3. The fourth-order valence-corrected chi connectivity index (χ4v) is 1.96. The van der Waals surface area contributed by atoms with Crippen molar-refractivity contribution in [2.45, 2.75) is 13.5 Å². The second-order valence-corrected chi connectivity index (χ2v) is 4.59. The van der Waals surface area contributed by atoms with Crippen LogP contribution in [0.5, 0.6) is 11.5 Å². The first-order valence-electron chi connectivity index (χ1n) is 6.73. The van der Waals surface area contributed by atoms with Crippen molar-refractivity contribution >= 4 is 11.6 Å². The lowest BCUT2D eigenvalue weighted by molar-refractivity contribution is 0.102. The highest BCUT2D eigenvalue weighted by atomic mass is 16.3. The molecule has 0 bridgehead atoms. The first-order valence-corrected chi connectivity index (χ1v) is 6.73. The molecule has 0 aromatic heterocycles. The Hall–Kier alpha value is -2.53. The van der Waals surface area contributed by atoms with Crippen molar-refractivity contribution in [1.29, 1.82) is 0 Å². The van der Waals surface area contributed by atoms with Gasteiger partial charge in [0.25, 0.3) is 5.91 Å². The summed E-state index contributed by atoms with van der Waals surface area (Å²) in [5.41, 5.74) is 1.77. The molecule has 0 unspecified atom stereocenters. The third-order valence-corrected chi connectivity index (χ3v) is 3.06. The number of nitrogens with one attached hydrogen (secondary N) is 2. The monoisotopic (exact) mass is 286 g/mol. The van der Waals surface area contributed by atoms with Crippen LogP contribution in [0.25, 0.3) is 0 Å². The van der Waals surface area contributed by atoms with Gasteiger partial charge < -0.3 is 20.8 Å². The molecule has 2 rings (SSSR count). The van der Waals surface area contributed by atoms with E-state index in [9.17, 15) is 15.0 Å². The van der Waals surface area contributed by atoms with E-state index in [1.807, 2.05) is 31.2 Å². The van der Waals surface area contributed by atoms with Crippen molar-refractivity contribution in [1.82, 2.24) is 5.32 Å². The Morgan fingerprint density at radius 2 is 1.90 bits per heavy atom. The fourth-order valence-electron chi connectivity index (χ4n) is 1.96. The Bertz CT molecular complexity index is 641. The zero-order valence-corrected chi connectivity index (χ0v) is 11.8. The van der Waals surface area contributed by atoms with Gasteiger partial charge in [0.15, 0.2) is 0 Å². The number of hydrogen-bond donors (Lipinski definition) is 4. The highest BCUT2D eigenvalue weighted by Crippen LogP contribution is 2.24. The van der Waals surface area contributed by atoms with Crippen LogP contribution >= 0.6 is 0 Å². The molecule has 0 saturated heterocycles. The van der Waals surface area contributed by atoms with Crippen LogP contribution in [-0.2, 0) is 6.54 Å². The number of benzene rings is 2. The third-order valence-electron chi connectivity index (χ3n) is 3.06. The van der Waals surface area contributed by atoms with Crippen LogP contribution in [0.3, 0.4) is 0 Å². The van der Waals surface area contributed by atoms with Crippen LogP contribution in [-0.4, -0.2) is 22.7 Å². The van der Waals surface area contributed by atoms with Gasteiger partial charge in [-0.05, 0) is 30.3 Å². The van der Waals surface area contributed by atoms with Crippen molar-refractivity contribution in [3.63, 3.8) is 0 Å². The van der Waals surface area contributed by atoms with Gasteiger partial charge >= 0.3 is 0 Å². The topological polar surface area (TPSA) is 81.6 Å². The van der Waals surface area contributed by atoms with Crippen molar-refractivity contribution in [2.75, 3.05) is 11.9 Å². The Morgan fingerprint density at radius 1 is 1.14 bits per heavy atom. The van der Waals surface area contributed by atoms with Crippen molar-refractivity contribution in [3.05, 3.63) is 53.6 Å². The minimum Gasteiger partial charge on any atom is -0.508 e. The second kappa shape index (κ2) is 6.76. The number of hydrogen-bond acceptors (Lipinski definition) is 4. The molecule has 0 aliphatic rings. The van der Waals surface area contributed by atoms with Crippen molar-refractivity contribution in [2.24, 2.45) is 0 Å². The van der Waals surface area contributed by atoms with E-state index >= 15 is 0 Å². The van der Waals surface area contributed by atoms with Crippen LogP contribution in [0.15, 0.2) is 42.5 Å². The first-order chi connectivity index (χ1) is 10.1. The summed E-state index contributed by atoms with van der Waals surface area (Å²) in [4.78, 5) is 12.2. The number of rotatable bonds is 5. The highest BCUT2D eigenvalue weighted by Gasteiger charge is 2.13. The zero-order chi connectivity index (χ0) is 15.2. The molecule has 0 atom stereocenters. The van der Waals surface area contributed by atoms with E-state index < -0.39 is 5.91 Å². The van der Waals surface area contributed by atoms with Gasteiger partial charge in [-0.15, -0.1) is 0 Å². The Balaban J connectivity index is 2.19. The molecule has 5 nitrogen and oxygen atoms in total. The quantitative estimate of drug-likeness (QED) is 0.680. The molecule has 1 amide bonds. The van der Waals surface area contributed by atoms with Gasteiger partial charge in [0.2, 0.25) is 0 Å². The van der Waals surface area contributed by atoms with Crippen LogP contribution in [0.4, 0.5) is 5.69 Å². The molecule has 0 aliphatic heterocycles. The van der Waals surface area contributed by atoms with E-state index in [0.717, 1.165) is 18.2 Å². The molecular weight excluding hydrogens is 268 g/mol. The first kappa shape index (κ1) is 14.9. The summed E-state index contributed by atoms with van der Waals surface area (Å²) in [5.74, 6) is -0.760. The highest BCUT2D eigenvalue weighted by molar-refractivity contribution is 6.06. The van der Waals surface area contributed by atoms with E-state index in [2.05, 4.69) is 10.6 Å². The van der Waals surface area contributed by atoms with Crippen molar-refractivity contribution < 1.29 is 15.0 Å². The maximum absolute atomic E-state index is 12.2. The van der Waals surface area contributed by atoms with Gasteiger partial charge in [-0.1, -0.05) is 25.1 Å². The van der Waals surface area contributed by atoms with E-state index in [1.54, 1.807) is 0 Å². The molecule has 0 fully saturated rings. The predicted octanol–water partition coefficient (Wildman–Crippen LogP) is 2.46. The molecule has 110 valence electrons. The lowest BCUT2D eigenvalue weighted by Gasteiger charge is -2.12. The summed E-state index contributed by atoms with van der Waals surface area (Å²) in [6, 6.07) is 11.4. The molecule has 5 heteroatoms. The largest absolute Gasteiger partial charge is 0.508 e. The van der Waals surface area contributed by atoms with Crippen molar-refractivity contribution in [3.8, 4) is 11.5 Å². The van der Waals surface area contributed by atoms with Crippen LogP contribution < -0.4 is 10.6 Å². The predicted molar refractivity (Wildman–Crippen MR) is 81.5 cm³/mol. The smallest absolute Gasteiger partial charge is 0.259 e. The van der Waals surface area contributed by atoms with E-state index in [0.29, 0.717) is 12.2 Å². The average molecular weight is 286 g/mol. The van der Waals surface area contributed by atoms with E-state index in [1.165, 1.54) is 12.1 Å². The normalized spacial score (nSPS) is 10.3. The van der Waals surface area contributed by atoms with Crippen LogP contribution in [0.1, 0.15) is 22.8 Å². The van der Waals surface area contributed by atoms with Gasteiger partial charge in [-0.25, -0.2) is 0 Å². The summed E-state index contributed by atoms with van der Waals surface area (Å²) in [7, 11) is 0. The molecule has 4 N–H and O–H groups in total. The summed E-state index contributed by atoms with van der Waals surface area (Å²) in [6.45, 7) is 3.49. The summed E-state index contributed by atoms with van der Waals surface area (Å²) < 4.78 is 0. The number of anilines is 1. The molecule has 21 heavy (non-hydrogen) atoms. The van der Waals surface area contributed by atoms with Gasteiger partial charge in [0.05, 0.1) is 5.56 Å². The van der Waals surface area contributed by atoms with Gasteiger partial charge in [0.1, 0.15) is 11.5 Å². The number of carbonyl (C=O) groups excluding carboxylic acids is 1. The van der Waals surface area contributed by atoms with E-state index in [4.69, 9.17) is 0 Å². The molecule has 2 aromatic rings. The molecule has 2 aromatic carbocycles. The third kappa shape index (κ3) is 3.73. The molecule has 0 aliphatic carbocycles. The number of amides is 1. The summed E-state index contributed by atoms with van der Waals surface area (Å²) >= 11 is 0. The number of phenols is 2. The fraction of sp³-hybridized carbons (Fsp3) is 0.188. The minimum atomic E-state index is -0.420. The van der Waals surface area contributed by atoms with E-state index in [-0.39, 0.29) is 17.1 Å². The maximum atomic E-state index is 12.2. The summed E-state index contributed by atoms with van der Waals surface area (Å²) in [5, 5.41) is 24.9.